The fourth-order valence-electron chi connectivity index (χ4n) is 8.16. The molecule has 59 heavy (non-hydrogen) atoms. The summed E-state index contributed by atoms with van der Waals surface area (Å²) >= 11 is 0. The van der Waals surface area contributed by atoms with Crippen molar-refractivity contribution in [2.75, 3.05) is 25.5 Å². The standard InChI is InChI=1S/C44H48N6O8S/c1-3-30-26-44(30,46-28-51)41-43(54)49-59(55,56)39-18-13-12-17-34(39)45-22-14-7-5-4-6-11-19-40(52)50-27-32(24-37(50)42(53)48-41)58-38-25-35(29-15-9-8-10-16-29)47-36-23-31(57-2)20-21-33(36)38/h3,8-10,12-13,15-18,20-21,23,25,30,32,37,41,45H,1,4-7,11,14,19,22,24,26-27H2,2H3,(H,48,53)(H,49,54)/t30-,32-,37+,41?,44-/m1/s1. The maximum atomic E-state index is 14.5. The molecular formula is C44H48N6O8S. The first-order valence-electron chi connectivity index (χ1n) is 20.0. The minimum absolute atomic E-state index is 0.0543. The summed E-state index contributed by atoms with van der Waals surface area (Å²) in [5.74, 6) is -1.50. The Morgan fingerprint density at radius 1 is 0.949 bits per heavy atom. The van der Waals surface area contributed by atoms with Crippen molar-refractivity contribution in [2.24, 2.45) is 10.9 Å². The highest BCUT2D eigenvalue weighted by Crippen LogP contribution is 2.50. The Morgan fingerprint density at radius 3 is 2.44 bits per heavy atom. The summed E-state index contributed by atoms with van der Waals surface area (Å²) in [6.45, 7) is 4.38. The van der Waals surface area contributed by atoms with E-state index in [-0.39, 0.29) is 36.6 Å². The van der Waals surface area contributed by atoms with Crippen LogP contribution in [-0.2, 0) is 29.2 Å². The van der Waals surface area contributed by atoms with Gasteiger partial charge in [0, 0.05) is 48.4 Å². The number of fused-ring (bicyclic) bond motifs is 3. The lowest BCUT2D eigenvalue weighted by Gasteiger charge is -2.28. The number of carbonyl (C=O) groups excluding carboxylic acids is 4. The summed E-state index contributed by atoms with van der Waals surface area (Å²) in [5, 5.41) is 6.61. The number of methoxy groups -OCH3 is 1. The highest BCUT2D eigenvalue weighted by Gasteiger charge is 2.62. The Kier molecular flexibility index (Phi) is 12.4. The van der Waals surface area contributed by atoms with E-state index in [0.29, 0.717) is 46.7 Å². The first kappa shape index (κ1) is 41.1. The van der Waals surface area contributed by atoms with E-state index in [1.54, 1.807) is 31.4 Å². The van der Waals surface area contributed by atoms with Gasteiger partial charge in [0.15, 0.2) is 0 Å². The van der Waals surface area contributed by atoms with Crippen LogP contribution in [0.25, 0.3) is 22.2 Å². The number of hydrogen-bond donors (Lipinski definition) is 3. The Bertz CT molecular complexity index is 2390. The van der Waals surface area contributed by atoms with E-state index in [9.17, 15) is 27.6 Å². The van der Waals surface area contributed by atoms with Crippen LogP contribution in [0.4, 0.5) is 5.69 Å². The van der Waals surface area contributed by atoms with E-state index in [2.05, 4.69) is 26.9 Å². The average molecular weight is 821 g/mol. The fourth-order valence-corrected chi connectivity index (χ4v) is 9.34. The monoisotopic (exact) mass is 820 g/mol. The van der Waals surface area contributed by atoms with E-state index < -0.39 is 51.5 Å². The van der Waals surface area contributed by atoms with Crippen molar-refractivity contribution in [3.8, 4) is 22.8 Å². The third kappa shape index (κ3) is 9.01. The molecule has 5 atom stereocenters. The zero-order valence-electron chi connectivity index (χ0n) is 32.9. The molecule has 15 heteroatoms. The Hall–Kier alpha value is -6.05. The number of aromatic nitrogens is 1. The number of amides is 3. The number of rotatable bonds is 7. The fraction of sp³-hybridized carbons (Fsp3) is 0.386. The summed E-state index contributed by atoms with van der Waals surface area (Å²) in [7, 11) is -2.92. The van der Waals surface area contributed by atoms with Crippen LogP contribution in [0.1, 0.15) is 57.8 Å². The molecule has 1 aromatic heterocycles. The number of benzene rings is 3. The van der Waals surface area contributed by atoms with Crippen LogP contribution < -0.4 is 24.8 Å². The summed E-state index contributed by atoms with van der Waals surface area (Å²) in [6.07, 6.45) is 7.71. The minimum Gasteiger partial charge on any atom is -0.497 e. The predicted molar refractivity (Wildman–Crippen MR) is 222 cm³/mol. The van der Waals surface area contributed by atoms with E-state index in [1.165, 1.54) is 23.1 Å². The molecule has 3 amide bonds. The van der Waals surface area contributed by atoms with Crippen molar-refractivity contribution < 1.29 is 37.1 Å². The number of nitrogens with one attached hydrogen (secondary N) is 3. The van der Waals surface area contributed by atoms with Crippen molar-refractivity contribution in [1.29, 1.82) is 0 Å². The number of aliphatic imine (C=N–C) groups is 1. The lowest BCUT2D eigenvalue weighted by Crippen LogP contribution is -2.59. The lowest BCUT2D eigenvalue weighted by atomic mass is 10.0. The van der Waals surface area contributed by atoms with E-state index >= 15 is 0 Å². The molecule has 0 spiro atoms. The number of sulfonamides is 1. The van der Waals surface area contributed by atoms with Gasteiger partial charge in [-0.25, -0.2) is 22.9 Å². The highest BCUT2D eigenvalue weighted by atomic mass is 32.2. The molecule has 7 rings (SSSR count). The largest absolute Gasteiger partial charge is 0.497 e. The Morgan fingerprint density at radius 2 is 1.69 bits per heavy atom. The second kappa shape index (κ2) is 17.8. The van der Waals surface area contributed by atoms with Gasteiger partial charge >= 0.3 is 0 Å². The average Bonchev–Trinajstić information content (AvgIpc) is 3.79. The maximum Gasteiger partial charge on any atom is 0.266 e. The van der Waals surface area contributed by atoms with Crippen LogP contribution in [0.15, 0.2) is 101 Å². The zero-order valence-corrected chi connectivity index (χ0v) is 33.7. The van der Waals surface area contributed by atoms with E-state index in [4.69, 9.17) is 14.5 Å². The molecule has 308 valence electrons. The van der Waals surface area contributed by atoms with Crippen LogP contribution >= 0.6 is 0 Å². The molecular weight excluding hydrogens is 773 g/mol. The van der Waals surface area contributed by atoms with Crippen molar-refractivity contribution in [3.63, 3.8) is 0 Å². The number of para-hydroxylation sites is 1. The lowest BCUT2D eigenvalue weighted by molar-refractivity contribution is -0.139. The molecule has 2 aliphatic heterocycles. The Balaban J connectivity index is 1.23. The second-order valence-electron chi connectivity index (χ2n) is 15.2. The second-order valence-corrected chi connectivity index (χ2v) is 16.9. The molecule has 4 aromatic rings. The molecule has 2 fully saturated rings. The number of isocyanates is 1. The van der Waals surface area contributed by atoms with Crippen LogP contribution in [-0.4, -0.2) is 86.0 Å². The van der Waals surface area contributed by atoms with Gasteiger partial charge in [-0.05, 0) is 43.5 Å². The number of ether oxygens (including phenoxy) is 2. The van der Waals surface area contributed by atoms with Crippen molar-refractivity contribution in [3.05, 3.63) is 91.5 Å². The smallest absolute Gasteiger partial charge is 0.266 e. The molecule has 3 heterocycles. The molecule has 1 saturated heterocycles. The number of nitrogens with zero attached hydrogens (tertiary/aromatic N) is 3. The molecule has 3 N–H and O–H groups in total. The molecule has 1 unspecified atom stereocenters. The normalized spacial score (nSPS) is 25.2. The van der Waals surface area contributed by atoms with Gasteiger partial charge in [-0.3, -0.25) is 14.4 Å². The van der Waals surface area contributed by atoms with Crippen molar-refractivity contribution in [1.82, 2.24) is 19.9 Å². The molecule has 0 radical (unpaired) electrons. The topological polar surface area (TPSA) is 185 Å². The van der Waals surface area contributed by atoms with Gasteiger partial charge in [0.05, 0.1) is 30.6 Å². The van der Waals surface area contributed by atoms with Crippen LogP contribution in [0, 0.1) is 5.92 Å². The summed E-state index contributed by atoms with van der Waals surface area (Å²) in [4.78, 5) is 64.7. The number of anilines is 1. The first-order chi connectivity index (χ1) is 28.6. The number of hydrogen-bond acceptors (Lipinski definition) is 11. The van der Waals surface area contributed by atoms with Gasteiger partial charge in [-0.2, -0.15) is 4.99 Å². The quantitative estimate of drug-likeness (QED) is 0.119. The predicted octanol–water partition coefficient (Wildman–Crippen LogP) is 5.69. The third-order valence-corrected chi connectivity index (χ3v) is 12.8. The number of pyridine rings is 1. The van der Waals surface area contributed by atoms with Gasteiger partial charge in [-0.15, -0.1) is 6.58 Å². The molecule has 1 aliphatic carbocycles. The maximum absolute atomic E-state index is 14.5. The van der Waals surface area contributed by atoms with Crippen LogP contribution in [0.5, 0.6) is 11.5 Å². The molecule has 3 aliphatic rings. The molecule has 14 nitrogen and oxygen atoms in total. The van der Waals surface area contributed by atoms with Gasteiger partial charge in [0.25, 0.3) is 15.9 Å². The van der Waals surface area contributed by atoms with E-state index in [1.807, 2.05) is 48.5 Å². The molecule has 0 bridgehead atoms. The summed E-state index contributed by atoms with van der Waals surface area (Å²) in [5.41, 5.74) is 0.922. The van der Waals surface area contributed by atoms with Gasteiger partial charge in [0.2, 0.25) is 17.9 Å². The first-order valence-corrected chi connectivity index (χ1v) is 21.5. The van der Waals surface area contributed by atoms with Crippen molar-refractivity contribution in [2.45, 2.75) is 86.4 Å². The Labute approximate surface area is 343 Å². The van der Waals surface area contributed by atoms with Gasteiger partial charge in [0.1, 0.15) is 40.1 Å². The third-order valence-electron chi connectivity index (χ3n) is 11.4. The highest BCUT2D eigenvalue weighted by molar-refractivity contribution is 7.90. The van der Waals surface area contributed by atoms with E-state index in [0.717, 1.165) is 37.7 Å². The zero-order chi connectivity index (χ0) is 41.6. The van der Waals surface area contributed by atoms with Crippen LogP contribution in [0.3, 0.4) is 0 Å². The number of carbonyl (C=O) groups is 3. The SMILES string of the molecule is C=C[C@@H]1C[C@]1(N=C=O)C1NC(=O)[C@@H]2C[C@@H](Oc3cc(-c4ccccc4)nc4cc(OC)ccc34)CN2C(=O)CCCCCCCCNc2ccccc2S(=O)(=O)NC1=O. The van der Waals surface area contributed by atoms with Gasteiger partial charge in [-0.1, -0.05) is 74.2 Å². The summed E-state index contributed by atoms with van der Waals surface area (Å²) in [6, 6.07) is 20.4. The minimum atomic E-state index is -4.49. The molecule has 1 saturated carbocycles. The van der Waals surface area contributed by atoms with Crippen molar-refractivity contribution >= 4 is 50.4 Å². The van der Waals surface area contributed by atoms with Crippen LogP contribution in [0.2, 0.25) is 0 Å². The summed E-state index contributed by atoms with van der Waals surface area (Å²) < 4.78 is 42.0. The van der Waals surface area contributed by atoms with Gasteiger partial charge < -0.3 is 25.0 Å². The molecule has 3 aromatic carbocycles.